The van der Waals surface area contributed by atoms with Gasteiger partial charge < -0.3 is 12.4 Å². The van der Waals surface area contributed by atoms with Gasteiger partial charge in [-0.15, -0.1) is 0 Å². The van der Waals surface area contributed by atoms with Gasteiger partial charge >= 0.3 is 0 Å². The number of hydrogen-bond donors (Lipinski definition) is 0. The molecule has 0 radical (unpaired) electrons. The second kappa shape index (κ2) is 14.4. The van der Waals surface area contributed by atoms with Crippen molar-refractivity contribution >= 4 is 0 Å². The van der Waals surface area contributed by atoms with Crippen LogP contribution in [-0.2, 0) is 13.0 Å². The maximum Gasteiger partial charge on any atom is 0.171 e. The summed E-state index contributed by atoms with van der Waals surface area (Å²) < 4.78 is 2.38. The maximum absolute atomic E-state index is 2.38. The van der Waals surface area contributed by atoms with E-state index in [4.69, 9.17) is 0 Å². The SMILES string of the molecule is CCCCCCCCCC[n+]1cccc(CCCC)c1.[Cl-]. The van der Waals surface area contributed by atoms with E-state index in [2.05, 4.69) is 42.9 Å². The topological polar surface area (TPSA) is 3.88 Å². The molecular formula is C19H34ClN. The summed E-state index contributed by atoms with van der Waals surface area (Å²) in [6.07, 6.45) is 19.6. The molecule has 0 aliphatic rings. The number of unbranched alkanes of at least 4 members (excludes halogenated alkanes) is 8. The second-order valence-electron chi connectivity index (χ2n) is 6.03. The van der Waals surface area contributed by atoms with Gasteiger partial charge in [-0.25, -0.2) is 4.57 Å². The summed E-state index contributed by atoms with van der Waals surface area (Å²) in [5, 5.41) is 0. The third kappa shape index (κ3) is 10.8. The van der Waals surface area contributed by atoms with Gasteiger partial charge in [-0.2, -0.15) is 0 Å². The summed E-state index contributed by atoms with van der Waals surface area (Å²) in [5.74, 6) is 0. The minimum absolute atomic E-state index is 0. The Bertz CT molecular complexity index is 338. The quantitative estimate of drug-likeness (QED) is 0.412. The second-order valence-corrected chi connectivity index (χ2v) is 6.03. The predicted molar refractivity (Wildman–Crippen MR) is 87.9 cm³/mol. The van der Waals surface area contributed by atoms with Crippen molar-refractivity contribution in [3.8, 4) is 0 Å². The summed E-state index contributed by atoms with van der Waals surface area (Å²) >= 11 is 0. The van der Waals surface area contributed by atoms with Gasteiger partial charge in [-0.05, 0) is 25.3 Å². The first-order valence-corrected chi connectivity index (χ1v) is 8.84. The van der Waals surface area contributed by atoms with Crippen LogP contribution in [0.1, 0.15) is 83.6 Å². The summed E-state index contributed by atoms with van der Waals surface area (Å²) in [4.78, 5) is 0. The van der Waals surface area contributed by atoms with E-state index in [0.717, 1.165) is 0 Å². The molecule has 0 aliphatic heterocycles. The van der Waals surface area contributed by atoms with Crippen LogP contribution in [0.4, 0.5) is 0 Å². The zero-order chi connectivity index (χ0) is 14.5. The molecule has 2 heteroatoms. The fraction of sp³-hybridized carbons (Fsp3) is 0.737. The molecule has 21 heavy (non-hydrogen) atoms. The first-order valence-electron chi connectivity index (χ1n) is 8.84. The van der Waals surface area contributed by atoms with Gasteiger partial charge in [0.25, 0.3) is 0 Å². The Kier molecular flexibility index (Phi) is 14.0. The first-order chi connectivity index (χ1) is 9.86. The lowest BCUT2D eigenvalue weighted by Gasteiger charge is -2.02. The van der Waals surface area contributed by atoms with Crippen molar-refractivity contribution in [2.24, 2.45) is 0 Å². The highest BCUT2D eigenvalue weighted by molar-refractivity contribution is 5.05. The van der Waals surface area contributed by atoms with Crippen molar-refractivity contribution in [3.63, 3.8) is 0 Å². The van der Waals surface area contributed by atoms with Gasteiger partial charge in [0.15, 0.2) is 12.4 Å². The van der Waals surface area contributed by atoms with Crippen molar-refractivity contribution < 1.29 is 17.0 Å². The molecule has 1 heterocycles. The molecule has 1 nitrogen and oxygen atoms in total. The Morgan fingerprint density at radius 2 is 1.43 bits per heavy atom. The summed E-state index contributed by atoms with van der Waals surface area (Å²) in [6, 6.07) is 4.47. The number of aryl methyl sites for hydroxylation is 2. The van der Waals surface area contributed by atoms with Gasteiger partial charge in [-0.1, -0.05) is 58.8 Å². The summed E-state index contributed by atoms with van der Waals surface area (Å²) in [6.45, 7) is 5.73. The van der Waals surface area contributed by atoms with Crippen LogP contribution >= 0.6 is 0 Å². The number of aromatic nitrogens is 1. The van der Waals surface area contributed by atoms with E-state index < -0.39 is 0 Å². The molecule has 1 aromatic heterocycles. The predicted octanol–water partition coefficient (Wildman–Crippen LogP) is 2.46. The molecule has 1 aromatic rings. The molecule has 0 unspecified atom stereocenters. The highest BCUT2D eigenvalue weighted by Gasteiger charge is 2.02. The number of rotatable bonds is 12. The normalized spacial score (nSPS) is 10.4. The van der Waals surface area contributed by atoms with Crippen molar-refractivity contribution in [2.45, 2.75) is 91.0 Å². The summed E-state index contributed by atoms with van der Waals surface area (Å²) in [7, 11) is 0. The van der Waals surface area contributed by atoms with Gasteiger partial charge in [0.1, 0.15) is 6.54 Å². The summed E-state index contributed by atoms with van der Waals surface area (Å²) in [5.41, 5.74) is 1.49. The Balaban J connectivity index is 0.00000400. The highest BCUT2D eigenvalue weighted by atomic mass is 35.5. The largest absolute Gasteiger partial charge is 1.00 e. The van der Waals surface area contributed by atoms with Crippen LogP contribution in [0.15, 0.2) is 24.5 Å². The maximum atomic E-state index is 2.38. The van der Waals surface area contributed by atoms with E-state index in [0.29, 0.717) is 0 Å². The average Bonchev–Trinajstić information content (AvgIpc) is 2.48. The first kappa shape index (κ1) is 20.4. The minimum Gasteiger partial charge on any atom is -1.00 e. The molecule has 0 atom stereocenters. The number of pyridine rings is 1. The van der Waals surface area contributed by atoms with E-state index in [1.807, 2.05) is 0 Å². The Labute approximate surface area is 138 Å². The van der Waals surface area contributed by atoms with E-state index in [9.17, 15) is 0 Å². The van der Waals surface area contributed by atoms with E-state index in [-0.39, 0.29) is 12.4 Å². The number of hydrogen-bond acceptors (Lipinski definition) is 0. The van der Waals surface area contributed by atoms with Crippen molar-refractivity contribution in [1.82, 2.24) is 0 Å². The zero-order valence-corrected chi connectivity index (χ0v) is 14.9. The van der Waals surface area contributed by atoms with Crippen LogP contribution in [0.25, 0.3) is 0 Å². The Hall–Kier alpha value is -0.560. The van der Waals surface area contributed by atoms with Gasteiger partial charge in [-0.3, -0.25) is 0 Å². The smallest absolute Gasteiger partial charge is 0.171 e. The lowest BCUT2D eigenvalue weighted by Crippen LogP contribution is -3.00. The Morgan fingerprint density at radius 3 is 2.10 bits per heavy atom. The number of halogens is 1. The van der Waals surface area contributed by atoms with Gasteiger partial charge in [0.2, 0.25) is 0 Å². The molecule has 0 fully saturated rings. The lowest BCUT2D eigenvalue weighted by atomic mass is 10.1. The fourth-order valence-electron chi connectivity index (χ4n) is 2.67. The molecule has 0 amide bonds. The van der Waals surface area contributed by atoms with E-state index in [1.54, 1.807) is 0 Å². The molecule has 0 saturated carbocycles. The molecule has 0 N–H and O–H groups in total. The molecular weight excluding hydrogens is 278 g/mol. The molecule has 1 rings (SSSR count). The number of nitrogens with zero attached hydrogens (tertiary/aromatic N) is 1. The lowest BCUT2D eigenvalue weighted by molar-refractivity contribution is -0.697. The molecule has 0 aliphatic carbocycles. The zero-order valence-electron chi connectivity index (χ0n) is 14.1. The molecule has 122 valence electrons. The van der Waals surface area contributed by atoms with Crippen LogP contribution in [0.5, 0.6) is 0 Å². The Morgan fingerprint density at radius 1 is 0.810 bits per heavy atom. The molecule has 0 saturated heterocycles. The van der Waals surface area contributed by atoms with Gasteiger partial charge in [0.05, 0.1) is 0 Å². The van der Waals surface area contributed by atoms with Crippen LogP contribution in [-0.4, -0.2) is 0 Å². The van der Waals surface area contributed by atoms with Crippen LogP contribution < -0.4 is 17.0 Å². The molecule has 0 spiro atoms. The molecule has 0 bridgehead atoms. The van der Waals surface area contributed by atoms with Crippen LogP contribution in [0, 0.1) is 0 Å². The third-order valence-electron chi connectivity index (χ3n) is 4.01. The van der Waals surface area contributed by atoms with Gasteiger partial charge in [0, 0.05) is 18.1 Å². The monoisotopic (exact) mass is 311 g/mol. The van der Waals surface area contributed by atoms with E-state index >= 15 is 0 Å². The van der Waals surface area contributed by atoms with Crippen molar-refractivity contribution in [1.29, 1.82) is 0 Å². The minimum atomic E-state index is 0. The van der Waals surface area contributed by atoms with Crippen LogP contribution in [0.2, 0.25) is 0 Å². The molecule has 0 aromatic carbocycles. The highest BCUT2D eigenvalue weighted by Crippen LogP contribution is 2.08. The van der Waals surface area contributed by atoms with Crippen molar-refractivity contribution in [2.75, 3.05) is 0 Å². The van der Waals surface area contributed by atoms with E-state index in [1.165, 1.54) is 82.7 Å². The van der Waals surface area contributed by atoms with Crippen LogP contribution in [0.3, 0.4) is 0 Å². The van der Waals surface area contributed by atoms with Crippen molar-refractivity contribution in [3.05, 3.63) is 30.1 Å². The fourth-order valence-corrected chi connectivity index (χ4v) is 2.67. The third-order valence-corrected chi connectivity index (χ3v) is 4.01. The average molecular weight is 312 g/mol. The standard InChI is InChI=1S/C19H34N.ClH/c1-3-5-7-8-9-10-11-12-16-20-17-13-15-19(18-20)14-6-4-2;/h13,15,17-18H,3-12,14,16H2,1-2H3;1H/q+1;/p-1.